The van der Waals surface area contributed by atoms with Gasteiger partial charge in [0.15, 0.2) is 28.2 Å². The van der Waals surface area contributed by atoms with Gasteiger partial charge in [0.05, 0.1) is 18.1 Å². The SMILES string of the molecule is CCn1c(CNC(=O)c2ccco2)nnc1S[C@@H](C)C(=O)Nc1ccc2c(c1)OCO2. The molecule has 0 aliphatic carbocycles. The lowest BCUT2D eigenvalue weighted by Gasteiger charge is -2.13. The second kappa shape index (κ2) is 9.13. The van der Waals surface area contributed by atoms with E-state index in [9.17, 15) is 9.59 Å². The second-order valence-electron chi connectivity index (χ2n) is 6.62. The largest absolute Gasteiger partial charge is 0.459 e. The summed E-state index contributed by atoms with van der Waals surface area (Å²) in [5.74, 6) is 1.57. The molecule has 2 N–H and O–H groups in total. The van der Waals surface area contributed by atoms with Crippen molar-refractivity contribution < 1.29 is 23.5 Å². The van der Waals surface area contributed by atoms with Gasteiger partial charge in [-0.3, -0.25) is 9.59 Å². The van der Waals surface area contributed by atoms with Gasteiger partial charge in [-0.25, -0.2) is 0 Å². The number of nitrogens with zero attached hydrogens (tertiary/aromatic N) is 3. The molecule has 1 aliphatic rings. The van der Waals surface area contributed by atoms with Crippen molar-refractivity contribution in [3.8, 4) is 11.5 Å². The third-order valence-electron chi connectivity index (χ3n) is 4.55. The van der Waals surface area contributed by atoms with Crippen molar-refractivity contribution in [2.24, 2.45) is 0 Å². The summed E-state index contributed by atoms with van der Waals surface area (Å²) >= 11 is 1.29. The fourth-order valence-corrected chi connectivity index (χ4v) is 3.87. The van der Waals surface area contributed by atoms with Crippen molar-refractivity contribution in [1.82, 2.24) is 20.1 Å². The van der Waals surface area contributed by atoms with E-state index >= 15 is 0 Å². The average Bonchev–Trinajstić information content (AvgIpc) is 3.52. The zero-order valence-corrected chi connectivity index (χ0v) is 17.8. The van der Waals surface area contributed by atoms with Gasteiger partial charge in [0.1, 0.15) is 0 Å². The number of aromatic nitrogens is 3. The van der Waals surface area contributed by atoms with Crippen LogP contribution in [0.15, 0.2) is 46.2 Å². The predicted octanol–water partition coefficient (Wildman–Crippen LogP) is 2.67. The number of nitrogens with one attached hydrogen (secondary N) is 2. The first kappa shape index (κ1) is 20.8. The summed E-state index contributed by atoms with van der Waals surface area (Å²) in [6, 6.07) is 8.48. The molecule has 11 heteroatoms. The van der Waals surface area contributed by atoms with E-state index in [2.05, 4.69) is 20.8 Å². The Labute approximate surface area is 182 Å². The van der Waals surface area contributed by atoms with E-state index in [4.69, 9.17) is 13.9 Å². The molecular weight excluding hydrogens is 422 g/mol. The second-order valence-corrected chi connectivity index (χ2v) is 7.93. The lowest BCUT2D eigenvalue weighted by atomic mass is 10.2. The highest BCUT2D eigenvalue weighted by atomic mass is 32.2. The maximum atomic E-state index is 12.6. The van der Waals surface area contributed by atoms with Crippen LogP contribution in [0.1, 0.15) is 30.2 Å². The van der Waals surface area contributed by atoms with Crippen LogP contribution in [-0.2, 0) is 17.9 Å². The first-order chi connectivity index (χ1) is 15.0. The first-order valence-corrected chi connectivity index (χ1v) is 10.5. The summed E-state index contributed by atoms with van der Waals surface area (Å²) in [5.41, 5.74) is 0.625. The summed E-state index contributed by atoms with van der Waals surface area (Å²) in [6.07, 6.45) is 1.44. The molecule has 0 radical (unpaired) electrons. The van der Waals surface area contributed by atoms with Gasteiger partial charge in [-0.15, -0.1) is 10.2 Å². The highest BCUT2D eigenvalue weighted by Gasteiger charge is 2.21. The predicted molar refractivity (Wildman–Crippen MR) is 112 cm³/mol. The molecule has 1 aromatic carbocycles. The molecule has 3 aromatic rings. The Hall–Kier alpha value is -3.47. The smallest absolute Gasteiger partial charge is 0.287 e. The van der Waals surface area contributed by atoms with Gasteiger partial charge < -0.3 is 29.1 Å². The van der Waals surface area contributed by atoms with E-state index in [0.29, 0.717) is 34.7 Å². The molecule has 31 heavy (non-hydrogen) atoms. The minimum atomic E-state index is -0.425. The van der Waals surface area contributed by atoms with E-state index in [1.807, 2.05) is 11.5 Å². The first-order valence-electron chi connectivity index (χ1n) is 9.66. The van der Waals surface area contributed by atoms with E-state index in [0.717, 1.165) is 0 Å². The number of thioether (sulfide) groups is 1. The van der Waals surface area contributed by atoms with Gasteiger partial charge in [-0.05, 0) is 38.1 Å². The van der Waals surface area contributed by atoms with Crippen LogP contribution in [0, 0.1) is 0 Å². The highest BCUT2D eigenvalue weighted by Crippen LogP contribution is 2.34. The van der Waals surface area contributed by atoms with Gasteiger partial charge in [-0.1, -0.05) is 11.8 Å². The lowest BCUT2D eigenvalue weighted by Crippen LogP contribution is -2.25. The normalized spacial score (nSPS) is 13.1. The zero-order chi connectivity index (χ0) is 21.8. The van der Waals surface area contributed by atoms with Crippen molar-refractivity contribution in [1.29, 1.82) is 0 Å². The summed E-state index contributed by atoms with van der Waals surface area (Å²) in [4.78, 5) is 24.7. The Bertz CT molecular complexity index is 1080. The monoisotopic (exact) mass is 443 g/mol. The third kappa shape index (κ3) is 4.66. The molecule has 0 saturated heterocycles. The van der Waals surface area contributed by atoms with Crippen molar-refractivity contribution >= 4 is 29.3 Å². The number of hydrogen-bond acceptors (Lipinski definition) is 8. The van der Waals surface area contributed by atoms with Crippen LogP contribution in [0.25, 0.3) is 0 Å². The van der Waals surface area contributed by atoms with Crippen LogP contribution in [0.3, 0.4) is 0 Å². The number of anilines is 1. The molecule has 4 rings (SSSR count). The molecule has 10 nitrogen and oxygen atoms in total. The summed E-state index contributed by atoms with van der Waals surface area (Å²) < 4.78 is 17.6. The molecule has 0 unspecified atom stereocenters. The Morgan fingerprint density at radius 1 is 1.23 bits per heavy atom. The van der Waals surface area contributed by atoms with Gasteiger partial charge in [0.25, 0.3) is 5.91 Å². The van der Waals surface area contributed by atoms with E-state index in [-0.39, 0.29) is 30.9 Å². The maximum Gasteiger partial charge on any atom is 0.287 e. The van der Waals surface area contributed by atoms with Gasteiger partial charge in [0.2, 0.25) is 12.7 Å². The molecule has 2 amide bonds. The fraction of sp³-hybridized carbons (Fsp3) is 0.300. The quantitative estimate of drug-likeness (QED) is 0.510. The van der Waals surface area contributed by atoms with Crippen LogP contribution in [0.5, 0.6) is 11.5 Å². The Morgan fingerprint density at radius 2 is 2.06 bits per heavy atom. The summed E-state index contributed by atoms with van der Waals surface area (Å²) in [7, 11) is 0. The average molecular weight is 443 g/mol. The number of ether oxygens (including phenoxy) is 2. The van der Waals surface area contributed by atoms with E-state index in [1.54, 1.807) is 37.3 Å². The van der Waals surface area contributed by atoms with Crippen molar-refractivity contribution in [2.45, 2.75) is 37.3 Å². The summed E-state index contributed by atoms with van der Waals surface area (Å²) in [6.45, 7) is 4.70. The highest BCUT2D eigenvalue weighted by molar-refractivity contribution is 8.00. The van der Waals surface area contributed by atoms with Crippen LogP contribution in [-0.4, -0.2) is 38.6 Å². The van der Waals surface area contributed by atoms with Gasteiger partial charge in [-0.2, -0.15) is 0 Å². The Morgan fingerprint density at radius 3 is 2.84 bits per heavy atom. The number of hydrogen-bond donors (Lipinski definition) is 2. The molecule has 0 spiro atoms. The number of carbonyl (C=O) groups excluding carboxylic acids is 2. The number of fused-ring (bicyclic) bond motifs is 1. The molecule has 3 heterocycles. The molecule has 2 aromatic heterocycles. The molecule has 0 saturated carbocycles. The number of rotatable bonds is 8. The van der Waals surface area contributed by atoms with Crippen molar-refractivity contribution in [3.05, 3.63) is 48.2 Å². The number of amides is 2. The molecular formula is C20H21N5O5S. The number of carbonyl (C=O) groups is 2. The number of furan rings is 1. The van der Waals surface area contributed by atoms with E-state index < -0.39 is 5.25 Å². The Kier molecular flexibility index (Phi) is 6.12. The topological polar surface area (TPSA) is 121 Å². The molecule has 162 valence electrons. The minimum absolute atomic E-state index is 0.177. The fourth-order valence-electron chi connectivity index (χ4n) is 2.94. The van der Waals surface area contributed by atoms with Crippen LogP contribution in [0.4, 0.5) is 5.69 Å². The Balaban J connectivity index is 1.36. The molecule has 1 aliphatic heterocycles. The van der Waals surface area contributed by atoms with Gasteiger partial charge in [0, 0.05) is 18.3 Å². The summed E-state index contributed by atoms with van der Waals surface area (Å²) in [5, 5.41) is 14.1. The standard InChI is InChI=1S/C20H21N5O5S/c1-3-25-17(10-21-19(27)15-5-4-8-28-15)23-24-20(25)31-12(2)18(26)22-13-6-7-14-16(9-13)30-11-29-14/h4-9,12H,3,10-11H2,1-2H3,(H,21,27)(H,22,26)/t12-/m0/s1. The maximum absolute atomic E-state index is 12.6. The van der Waals surface area contributed by atoms with E-state index in [1.165, 1.54) is 18.0 Å². The van der Waals surface area contributed by atoms with Crippen LogP contribution < -0.4 is 20.1 Å². The van der Waals surface area contributed by atoms with Crippen molar-refractivity contribution in [3.63, 3.8) is 0 Å². The van der Waals surface area contributed by atoms with Crippen LogP contribution >= 0.6 is 11.8 Å². The molecule has 0 fully saturated rings. The molecule has 0 bridgehead atoms. The van der Waals surface area contributed by atoms with Crippen LogP contribution in [0.2, 0.25) is 0 Å². The van der Waals surface area contributed by atoms with Gasteiger partial charge >= 0.3 is 0 Å². The lowest BCUT2D eigenvalue weighted by molar-refractivity contribution is -0.115. The number of benzene rings is 1. The molecule has 1 atom stereocenters. The van der Waals surface area contributed by atoms with Crippen molar-refractivity contribution in [2.75, 3.05) is 12.1 Å². The third-order valence-corrected chi connectivity index (χ3v) is 5.63. The minimum Gasteiger partial charge on any atom is -0.459 e. The zero-order valence-electron chi connectivity index (χ0n) is 17.0.